The first-order valence-electron chi connectivity index (χ1n) is 20.2. The van der Waals surface area contributed by atoms with Crippen molar-refractivity contribution in [3.8, 4) is 5.75 Å². The van der Waals surface area contributed by atoms with Crippen LogP contribution in [0.15, 0.2) is 59.6 Å². The minimum absolute atomic E-state index is 0.00596. The summed E-state index contributed by atoms with van der Waals surface area (Å²) in [6, 6.07) is 18.9. The number of piperidine rings is 1. The molecule has 3 amide bonds. The molecule has 10 nitrogen and oxygen atoms in total. The van der Waals surface area contributed by atoms with E-state index in [9.17, 15) is 19.5 Å². The molecule has 53 heavy (non-hydrogen) atoms. The fraction of sp³-hybridized carbons (Fsp3) is 0.581. The summed E-state index contributed by atoms with van der Waals surface area (Å²) in [5, 5.41) is 12.6. The van der Waals surface area contributed by atoms with Gasteiger partial charge in [0.15, 0.2) is 0 Å². The standard InChI is InChI=1S/C43H57N5O5/c1-2-35(30-9-5-3-6-10-30)41(31-11-15-33(49)16-12-31)32-13-17-34(18-14-32)53-28-8-4-7-23-46-24-26-47(27-25-46)39-21-19-36-37(44-39)29-48(43(36)52)38-20-22-40(50)45-42(38)51/h3,5-6,9-10,13-14,17-18,31,33,36,38-39,49H,2,4,7-8,11-12,15-16,19-29H2,1H3,(H,45,50,51)/b41-35-. The average Bonchev–Trinajstić information content (AvgIpc) is 3.51. The van der Waals surface area contributed by atoms with Crippen LogP contribution in [0.2, 0.25) is 0 Å². The third-order valence-electron chi connectivity index (χ3n) is 12.2. The van der Waals surface area contributed by atoms with Gasteiger partial charge in [-0.3, -0.25) is 29.6 Å². The number of likely N-dealkylation sites (tertiary alicyclic amines) is 1. The molecular weight excluding hydrogens is 667 g/mol. The zero-order valence-electron chi connectivity index (χ0n) is 31.4. The van der Waals surface area contributed by atoms with Gasteiger partial charge in [0.25, 0.3) is 0 Å². The molecule has 2 N–H and O–H groups in total. The summed E-state index contributed by atoms with van der Waals surface area (Å²) in [5.41, 5.74) is 6.31. The van der Waals surface area contributed by atoms with Gasteiger partial charge in [-0.1, -0.05) is 49.4 Å². The highest BCUT2D eigenvalue weighted by atomic mass is 16.5. The van der Waals surface area contributed by atoms with Crippen molar-refractivity contribution in [3.05, 3.63) is 65.7 Å². The van der Waals surface area contributed by atoms with Gasteiger partial charge in [-0.15, -0.1) is 0 Å². The van der Waals surface area contributed by atoms with Crippen LogP contribution in [0.4, 0.5) is 0 Å². The molecule has 4 fully saturated rings. The number of aliphatic imine (C=N–C) groups is 1. The number of nitrogens with zero attached hydrogens (tertiary/aromatic N) is 4. The highest BCUT2D eigenvalue weighted by Gasteiger charge is 2.46. The van der Waals surface area contributed by atoms with Gasteiger partial charge >= 0.3 is 0 Å². The number of imide groups is 1. The lowest BCUT2D eigenvalue weighted by Gasteiger charge is -2.39. The van der Waals surface area contributed by atoms with Crippen LogP contribution >= 0.6 is 0 Å². The second kappa shape index (κ2) is 17.5. The lowest BCUT2D eigenvalue weighted by molar-refractivity contribution is -0.144. The van der Waals surface area contributed by atoms with Crippen molar-refractivity contribution in [2.24, 2.45) is 16.8 Å². The van der Waals surface area contributed by atoms with Gasteiger partial charge in [-0.05, 0) is 117 Å². The molecule has 284 valence electrons. The topological polar surface area (TPSA) is 115 Å². The number of carbonyl (C=O) groups is 3. The first-order valence-corrected chi connectivity index (χ1v) is 20.2. The molecule has 0 spiro atoms. The predicted octanol–water partition coefficient (Wildman–Crippen LogP) is 5.55. The van der Waals surface area contributed by atoms with Crippen molar-refractivity contribution in [2.45, 2.75) is 102 Å². The van der Waals surface area contributed by atoms with E-state index in [-0.39, 0.29) is 42.3 Å². The molecule has 1 aliphatic carbocycles. The summed E-state index contributed by atoms with van der Waals surface area (Å²) in [6.07, 6.45) is 10.3. The highest BCUT2D eigenvalue weighted by Crippen LogP contribution is 2.42. The van der Waals surface area contributed by atoms with Gasteiger partial charge in [0.05, 0.1) is 25.2 Å². The number of fused-ring (bicyclic) bond motifs is 1. The number of aliphatic hydroxyl groups is 1. The first kappa shape index (κ1) is 37.5. The summed E-state index contributed by atoms with van der Waals surface area (Å²) in [6.45, 7) is 8.46. The maximum Gasteiger partial charge on any atom is 0.249 e. The summed E-state index contributed by atoms with van der Waals surface area (Å²) in [5.74, 6) is 0.537. The van der Waals surface area contributed by atoms with Crippen LogP contribution in [-0.4, -0.2) is 107 Å². The van der Waals surface area contributed by atoms with E-state index in [1.54, 1.807) is 4.90 Å². The fourth-order valence-electron chi connectivity index (χ4n) is 9.24. The Morgan fingerprint density at radius 3 is 2.32 bits per heavy atom. The third kappa shape index (κ3) is 8.93. The summed E-state index contributed by atoms with van der Waals surface area (Å²) in [7, 11) is 0. The summed E-state index contributed by atoms with van der Waals surface area (Å²) in [4.78, 5) is 48.9. The van der Waals surface area contributed by atoms with Gasteiger partial charge < -0.3 is 19.6 Å². The van der Waals surface area contributed by atoms with Crippen LogP contribution in [0, 0.1) is 11.8 Å². The number of benzene rings is 2. The zero-order chi connectivity index (χ0) is 36.7. The van der Waals surface area contributed by atoms with Gasteiger partial charge in [0.1, 0.15) is 18.0 Å². The van der Waals surface area contributed by atoms with E-state index < -0.39 is 6.04 Å². The Balaban J connectivity index is 0.831. The Kier molecular flexibility index (Phi) is 12.4. The van der Waals surface area contributed by atoms with Crippen LogP contribution in [0.25, 0.3) is 11.1 Å². The van der Waals surface area contributed by atoms with Crippen LogP contribution < -0.4 is 10.1 Å². The van der Waals surface area contributed by atoms with Crippen molar-refractivity contribution in [1.82, 2.24) is 20.0 Å². The van der Waals surface area contributed by atoms with Crippen molar-refractivity contribution in [1.29, 1.82) is 0 Å². The van der Waals surface area contributed by atoms with Crippen molar-refractivity contribution in [2.75, 3.05) is 45.9 Å². The number of hydrogen-bond donors (Lipinski definition) is 2. The number of rotatable bonds is 13. The van der Waals surface area contributed by atoms with Crippen LogP contribution in [-0.2, 0) is 14.4 Å². The molecule has 7 rings (SSSR count). The van der Waals surface area contributed by atoms with Gasteiger partial charge in [-0.2, -0.15) is 0 Å². The number of allylic oxidation sites excluding steroid dienone is 2. The molecule has 1 saturated carbocycles. The molecule has 2 aromatic rings. The molecule has 0 aromatic heterocycles. The number of amides is 3. The Labute approximate surface area is 314 Å². The summed E-state index contributed by atoms with van der Waals surface area (Å²) < 4.78 is 6.19. The smallest absolute Gasteiger partial charge is 0.249 e. The molecule has 0 bridgehead atoms. The Morgan fingerprint density at radius 1 is 0.849 bits per heavy atom. The molecule has 10 heteroatoms. The third-order valence-corrected chi connectivity index (χ3v) is 12.2. The average molecular weight is 724 g/mol. The zero-order valence-corrected chi connectivity index (χ0v) is 31.4. The van der Waals surface area contributed by atoms with Gasteiger partial charge in [0, 0.05) is 38.3 Å². The normalized spacial score (nSPS) is 27.6. The predicted molar refractivity (Wildman–Crippen MR) is 207 cm³/mol. The molecular formula is C43H57N5O5. The Hall–Kier alpha value is -3.86. The monoisotopic (exact) mass is 723 g/mol. The van der Waals surface area contributed by atoms with Crippen molar-refractivity contribution in [3.63, 3.8) is 0 Å². The maximum absolute atomic E-state index is 13.1. The van der Waals surface area contributed by atoms with Gasteiger partial charge in [-0.25, -0.2) is 0 Å². The van der Waals surface area contributed by atoms with E-state index in [4.69, 9.17) is 9.73 Å². The lowest BCUT2D eigenvalue weighted by atomic mass is 9.76. The van der Waals surface area contributed by atoms with Crippen LogP contribution in [0.1, 0.15) is 95.1 Å². The summed E-state index contributed by atoms with van der Waals surface area (Å²) >= 11 is 0. The number of carbonyl (C=O) groups excluding carboxylic acids is 3. The minimum Gasteiger partial charge on any atom is -0.494 e. The molecule has 3 atom stereocenters. The quantitative estimate of drug-likeness (QED) is 0.158. The van der Waals surface area contributed by atoms with E-state index in [0.717, 1.165) is 108 Å². The van der Waals surface area contributed by atoms with Crippen LogP contribution in [0.3, 0.4) is 0 Å². The molecule has 4 heterocycles. The molecule has 3 unspecified atom stereocenters. The minimum atomic E-state index is -0.562. The van der Waals surface area contributed by atoms with E-state index in [2.05, 4.69) is 76.6 Å². The molecule has 5 aliphatic rings. The molecule has 4 aliphatic heterocycles. The van der Waals surface area contributed by atoms with Crippen molar-refractivity contribution >= 4 is 34.6 Å². The van der Waals surface area contributed by atoms with Crippen LogP contribution in [0.5, 0.6) is 5.75 Å². The molecule has 0 radical (unpaired) electrons. The maximum atomic E-state index is 13.1. The number of piperazine rings is 1. The SMILES string of the molecule is CC/C(=C(/c1ccc(OCCCCCN2CCN(C3CCC4C(=O)N(C5CCC(=O)NC5=O)CC4=N3)CC2)cc1)C1CCC(O)CC1)c1ccccc1. The van der Waals surface area contributed by atoms with E-state index in [1.165, 1.54) is 22.3 Å². The molecule has 3 saturated heterocycles. The Bertz CT molecular complexity index is 1640. The van der Waals surface area contributed by atoms with E-state index in [1.807, 2.05) is 0 Å². The largest absolute Gasteiger partial charge is 0.494 e. The second-order valence-corrected chi connectivity index (χ2v) is 15.6. The van der Waals surface area contributed by atoms with E-state index >= 15 is 0 Å². The number of nitrogens with one attached hydrogen (secondary N) is 1. The number of aliphatic hydroxyl groups excluding tert-OH is 1. The highest BCUT2D eigenvalue weighted by molar-refractivity contribution is 6.13. The number of ether oxygens (including phenoxy) is 1. The van der Waals surface area contributed by atoms with Gasteiger partial charge in [0.2, 0.25) is 17.7 Å². The first-order chi connectivity index (χ1) is 25.9. The lowest BCUT2D eigenvalue weighted by Crippen LogP contribution is -2.53. The fourth-order valence-corrected chi connectivity index (χ4v) is 9.24. The number of hydrogen-bond acceptors (Lipinski definition) is 8. The second-order valence-electron chi connectivity index (χ2n) is 15.6. The number of unbranched alkanes of at least 4 members (excludes halogenated alkanes) is 2. The van der Waals surface area contributed by atoms with E-state index in [0.29, 0.717) is 25.5 Å². The Morgan fingerprint density at radius 2 is 1.60 bits per heavy atom. The molecule has 2 aromatic carbocycles. The van der Waals surface area contributed by atoms with Crippen molar-refractivity contribution < 1.29 is 24.2 Å².